The Hall–Kier alpha value is -1.93. The Kier molecular flexibility index (Phi) is 10.2. The number of halogens is 2. The minimum absolute atomic E-state index is 0.0578. The zero-order valence-corrected chi connectivity index (χ0v) is 21.9. The van der Waals surface area contributed by atoms with Crippen molar-refractivity contribution in [3.8, 4) is 0 Å². The average molecular weight is 563 g/mol. The van der Waals surface area contributed by atoms with Gasteiger partial charge < -0.3 is 20.9 Å². The summed E-state index contributed by atoms with van der Waals surface area (Å²) in [6.45, 7) is 3.72. The summed E-state index contributed by atoms with van der Waals surface area (Å²) >= 11 is 14.4. The van der Waals surface area contributed by atoms with Crippen LogP contribution in [0.2, 0.25) is 10.0 Å². The van der Waals surface area contributed by atoms with Gasteiger partial charge in [0.15, 0.2) is 4.34 Å². The molecule has 1 aromatic heterocycles. The lowest BCUT2D eigenvalue weighted by Gasteiger charge is -2.35. The molecule has 1 aromatic carbocycles. The first-order valence-electron chi connectivity index (χ1n) is 10.6. The molecule has 0 unspecified atom stereocenters. The first-order valence-corrected chi connectivity index (χ1v) is 13.0. The van der Waals surface area contributed by atoms with E-state index in [0.717, 1.165) is 24.1 Å². The van der Waals surface area contributed by atoms with E-state index in [9.17, 15) is 14.4 Å². The number of nitrogens with zero attached hydrogens (tertiary/aromatic N) is 3. The minimum atomic E-state index is -1.20. The summed E-state index contributed by atoms with van der Waals surface area (Å²) in [5.74, 6) is -1.68. The summed E-state index contributed by atoms with van der Waals surface area (Å²) in [6.07, 6.45) is -0.216. The van der Waals surface area contributed by atoms with Crippen LogP contribution in [0.5, 0.6) is 0 Å². The molecule has 1 fully saturated rings. The second kappa shape index (κ2) is 12.9. The molecule has 0 saturated carbocycles. The number of hydrogen-bond donors (Lipinski definition) is 3. The van der Waals surface area contributed by atoms with Crippen molar-refractivity contribution in [3.63, 3.8) is 0 Å². The van der Waals surface area contributed by atoms with E-state index in [-0.39, 0.29) is 17.7 Å². The van der Waals surface area contributed by atoms with Crippen molar-refractivity contribution in [1.29, 1.82) is 0 Å². The van der Waals surface area contributed by atoms with Crippen molar-refractivity contribution in [1.82, 2.24) is 19.5 Å². The molecule has 1 aliphatic heterocycles. The lowest BCUT2D eigenvalue weighted by Crippen LogP contribution is -2.47. The number of carbonyl (C=O) groups is 3. The fraction of sp³-hybridized carbons (Fsp3) is 0.429. The van der Waals surface area contributed by atoms with Crippen molar-refractivity contribution >= 4 is 64.2 Å². The smallest absolute Gasteiger partial charge is 0.271 e. The highest BCUT2D eigenvalue weighted by atomic mass is 35.5. The number of rotatable bonds is 10. The van der Waals surface area contributed by atoms with E-state index in [1.54, 1.807) is 6.07 Å². The molecule has 10 nitrogen and oxygen atoms in total. The molecule has 2 heterocycles. The highest BCUT2D eigenvalue weighted by Crippen LogP contribution is 2.28. The maximum Gasteiger partial charge on any atom is 0.271 e. The van der Waals surface area contributed by atoms with Gasteiger partial charge in [0.05, 0.1) is 35.9 Å². The Morgan fingerprint density at radius 1 is 1.40 bits per heavy atom. The highest BCUT2D eigenvalue weighted by molar-refractivity contribution is 7.99. The van der Waals surface area contributed by atoms with Gasteiger partial charge in [0.25, 0.3) is 5.91 Å². The molecule has 2 atom stereocenters. The molecule has 2 aromatic rings. The SMILES string of the molecule is CC(=O)N(C[C@@H]1CN(Cc2ccc(Cl)c(Cl)c2)CCO1)Sc1nc(C(=O)N[C@@H](CO)C(N)=O)cs1. The number of ether oxygens (including phenoxy) is 1. The van der Waals surface area contributed by atoms with Gasteiger partial charge in [-0.2, -0.15) is 0 Å². The van der Waals surface area contributed by atoms with Crippen LogP contribution in [0.3, 0.4) is 0 Å². The monoisotopic (exact) mass is 561 g/mol. The Bertz CT molecular complexity index is 1070. The van der Waals surface area contributed by atoms with E-state index in [1.165, 1.54) is 27.9 Å². The maximum absolute atomic E-state index is 12.3. The Morgan fingerprint density at radius 2 is 2.17 bits per heavy atom. The van der Waals surface area contributed by atoms with Crippen molar-refractivity contribution in [2.24, 2.45) is 5.73 Å². The predicted molar refractivity (Wildman–Crippen MR) is 134 cm³/mol. The Labute approximate surface area is 220 Å². The van der Waals surface area contributed by atoms with Crippen LogP contribution in [-0.2, 0) is 20.9 Å². The highest BCUT2D eigenvalue weighted by Gasteiger charge is 2.26. The topological polar surface area (TPSA) is 138 Å². The molecule has 0 spiro atoms. The van der Waals surface area contributed by atoms with Crippen molar-refractivity contribution < 1.29 is 24.2 Å². The van der Waals surface area contributed by atoms with Gasteiger partial charge in [0.2, 0.25) is 11.8 Å². The number of nitrogens with one attached hydrogen (secondary N) is 1. The van der Waals surface area contributed by atoms with Crippen LogP contribution in [0, 0.1) is 0 Å². The molecule has 0 radical (unpaired) electrons. The van der Waals surface area contributed by atoms with Crippen molar-refractivity contribution in [2.75, 3.05) is 32.8 Å². The van der Waals surface area contributed by atoms with Gasteiger partial charge >= 0.3 is 0 Å². The van der Waals surface area contributed by atoms with Gasteiger partial charge in [0, 0.05) is 43.9 Å². The lowest BCUT2D eigenvalue weighted by atomic mass is 10.2. The summed E-state index contributed by atoms with van der Waals surface area (Å²) in [4.78, 5) is 42.2. The molecule has 3 rings (SSSR count). The first-order chi connectivity index (χ1) is 16.7. The zero-order chi connectivity index (χ0) is 25.5. The largest absolute Gasteiger partial charge is 0.394 e. The number of aromatic nitrogens is 1. The normalized spacial score (nSPS) is 17.1. The fourth-order valence-electron chi connectivity index (χ4n) is 3.28. The molecular formula is C21H25Cl2N5O5S2. The molecule has 1 saturated heterocycles. The molecule has 35 heavy (non-hydrogen) atoms. The third-order valence-electron chi connectivity index (χ3n) is 5.07. The van der Waals surface area contributed by atoms with Crippen LogP contribution in [-0.4, -0.2) is 82.0 Å². The quantitative estimate of drug-likeness (QED) is 0.373. The summed E-state index contributed by atoms with van der Waals surface area (Å²) in [7, 11) is 0. The number of morpholine rings is 1. The molecule has 3 amide bonds. The molecule has 190 valence electrons. The summed E-state index contributed by atoms with van der Waals surface area (Å²) in [5, 5.41) is 14.0. The molecular weight excluding hydrogens is 537 g/mol. The third-order valence-corrected chi connectivity index (χ3v) is 7.83. The number of thiazole rings is 1. The number of aliphatic hydroxyl groups excluding tert-OH is 1. The van der Waals surface area contributed by atoms with E-state index in [4.69, 9.17) is 38.8 Å². The first kappa shape index (κ1) is 27.7. The van der Waals surface area contributed by atoms with Gasteiger partial charge in [-0.25, -0.2) is 4.98 Å². The number of aliphatic hydroxyl groups is 1. The average Bonchev–Trinajstić information content (AvgIpc) is 3.28. The van der Waals surface area contributed by atoms with E-state index in [0.29, 0.717) is 40.6 Å². The Balaban J connectivity index is 1.58. The van der Waals surface area contributed by atoms with Crippen LogP contribution in [0.4, 0.5) is 0 Å². The number of nitrogens with two attached hydrogens (primary N) is 1. The molecule has 1 aliphatic rings. The number of primary amides is 1. The Morgan fingerprint density at radius 3 is 2.83 bits per heavy atom. The predicted octanol–water partition coefficient (Wildman–Crippen LogP) is 1.78. The summed E-state index contributed by atoms with van der Waals surface area (Å²) < 4.78 is 7.89. The lowest BCUT2D eigenvalue weighted by molar-refractivity contribution is -0.126. The minimum Gasteiger partial charge on any atom is -0.394 e. The van der Waals surface area contributed by atoms with Crippen LogP contribution < -0.4 is 11.1 Å². The molecule has 0 bridgehead atoms. The second-order valence-corrected chi connectivity index (χ2v) is 10.7. The number of benzene rings is 1. The van der Waals surface area contributed by atoms with E-state index >= 15 is 0 Å². The molecule has 0 aliphatic carbocycles. The fourth-order valence-corrected chi connectivity index (χ4v) is 5.41. The van der Waals surface area contributed by atoms with Gasteiger partial charge in [-0.15, -0.1) is 11.3 Å². The van der Waals surface area contributed by atoms with Crippen molar-refractivity contribution in [2.45, 2.75) is 30.0 Å². The molecule has 4 N–H and O–H groups in total. The number of carbonyl (C=O) groups excluding carboxylic acids is 3. The maximum atomic E-state index is 12.3. The standard InChI is InChI=1S/C21H25Cl2N5O5S2/c1-12(30)28(35-21-26-18(11-34-21)20(32)25-17(10-29)19(24)31)9-14-8-27(4-5-33-14)7-13-2-3-15(22)16(23)6-13/h2-3,6,11,14,17,29H,4-5,7-10H2,1H3,(H2,24,31)(H,25,32)/t14-,17-/m0/s1. The van der Waals surface area contributed by atoms with Gasteiger partial charge in [-0.05, 0) is 17.7 Å². The van der Waals surface area contributed by atoms with E-state index < -0.39 is 24.5 Å². The van der Waals surface area contributed by atoms with Crippen molar-refractivity contribution in [3.05, 3.63) is 44.9 Å². The van der Waals surface area contributed by atoms with E-state index in [2.05, 4.69) is 15.2 Å². The van der Waals surface area contributed by atoms with Gasteiger partial charge in [-0.1, -0.05) is 29.3 Å². The van der Waals surface area contributed by atoms with Gasteiger partial charge in [-0.3, -0.25) is 23.6 Å². The number of hydrogen-bond acceptors (Lipinski definition) is 9. The number of amides is 3. The van der Waals surface area contributed by atoms with Gasteiger partial charge in [0.1, 0.15) is 11.7 Å². The van der Waals surface area contributed by atoms with Crippen LogP contribution in [0.15, 0.2) is 27.9 Å². The van der Waals surface area contributed by atoms with Crippen LogP contribution in [0.1, 0.15) is 23.0 Å². The van der Waals surface area contributed by atoms with E-state index in [1.807, 2.05) is 12.1 Å². The summed E-state index contributed by atoms with van der Waals surface area (Å²) in [6, 6.07) is 4.34. The third kappa shape index (κ3) is 8.04. The van der Waals surface area contributed by atoms with Crippen LogP contribution >= 0.6 is 46.5 Å². The molecule has 14 heteroatoms. The summed E-state index contributed by atoms with van der Waals surface area (Å²) in [5.41, 5.74) is 6.22. The second-order valence-electron chi connectivity index (χ2n) is 7.76. The zero-order valence-electron chi connectivity index (χ0n) is 18.8. The van der Waals surface area contributed by atoms with Crippen LogP contribution in [0.25, 0.3) is 0 Å².